The number of amides is 1. The van der Waals surface area contributed by atoms with E-state index in [0.717, 1.165) is 77.0 Å². The predicted octanol–water partition coefficient (Wildman–Crippen LogP) is 7.72. The fourth-order valence-corrected chi connectivity index (χ4v) is 8.39. The van der Waals surface area contributed by atoms with Crippen molar-refractivity contribution in [3.8, 4) is 11.9 Å². The Kier molecular flexibility index (Phi) is 14.6. The first kappa shape index (κ1) is 40.3. The van der Waals surface area contributed by atoms with Crippen LogP contribution >= 0.6 is 11.3 Å². The van der Waals surface area contributed by atoms with E-state index in [-0.39, 0.29) is 27.3 Å². The van der Waals surface area contributed by atoms with Gasteiger partial charge in [-0.1, -0.05) is 131 Å². The van der Waals surface area contributed by atoms with Gasteiger partial charge in [-0.25, -0.2) is 9.99 Å². The van der Waals surface area contributed by atoms with Crippen molar-refractivity contribution >= 4 is 35.0 Å². The SMILES string of the molecule is C=c1c(C#N)c(O)n(N(C)C(=O)C(C)(C)C)c(=O)/c1=C/c1sc(N(CC(CC)CCCC)CC(CC)CCCC)nc1C1(C)CCCCC1. The molecule has 0 aliphatic heterocycles. The molecule has 1 N–H and O–H groups in total. The number of aromatic nitrogens is 2. The zero-order valence-corrected chi connectivity index (χ0v) is 32.8. The molecule has 0 spiro atoms. The van der Waals surface area contributed by atoms with Crippen molar-refractivity contribution in [2.75, 3.05) is 30.0 Å². The molecular weight excluding hydrogens is 631 g/mol. The molecule has 0 radical (unpaired) electrons. The molecule has 1 amide bonds. The Balaban J connectivity index is 2.34. The number of carbonyl (C=O) groups excluding carboxylic acids is 1. The van der Waals surface area contributed by atoms with Gasteiger partial charge in [-0.3, -0.25) is 9.59 Å². The zero-order valence-electron chi connectivity index (χ0n) is 32.0. The lowest BCUT2D eigenvalue weighted by Gasteiger charge is -2.33. The molecule has 0 bridgehead atoms. The van der Waals surface area contributed by atoms with Gasteiger partial charge in [0, 0.05) is 36.2 Å². The van der Waals surface area contributed by atoms with Crippen LogP contribution in [-0.2, 0) is 10.2 Å². The molecule has 1 aliphatic rings. The van der Waals surface area contributed by atoms with Gasteiger partial charge < -0.3 is 10.0 Å². The molecule has 272 valence electrons. The number of thiazole rings is 1. The summed E-state index contributed by atoms with van der Waals surface area (Å²) in [6.45, 7) is 22.7. The van der Waals surface area contributed by atoms with E-state index >= 15 is 0 Å². The van der Waals surface area contributed by atoms with E-state index < -0.39 is 16.9 Å². The van der Waals surface area contributed by atoms with E-state index in [1.165, 1.54) is 52.0 Å². The maximum absolute atomic E-state index is 14.2. The van der Waals surface area contributed by atoms with E-state index in [2.05, 4.69) is 46.1 Å². The Morgan fingerprint density at radius 2 is 1.63 bits per heavy atom. The highest BCUT2D eigenvalue weighted by Gasteiger charge is 2.35. The zero-order chi connectivity index (χ0) is 36.5. The van der Waals surface area contributed by atoms with Crippen molar-refractivity contribution in [1.82, 2.24) is 9.66 Å². The van der Waals surface area contributed by atoms with Crippen LogP contribution in [0.15, 0.2) is 4.79 Å². The smallest absolute Gasteiger partial charge is 0.280 e. The molecule has 2 unspecified atom stereocenters. The summed E-state index contributed by atoms with van der Waals surface area (Å²) in [4.78, 5) is 36.4. The van der Waals surface area contributed by atoms with Gasteiger partial charge in [0.25, 0.3) is 5.56 Å². The third kappa shape index (κ3) is 9.57. The molecule has 0 saturated heterocycles. The Hall–Kier alpha value is -3.12. The molecule has 2 atom stereocenters. The van der Waals surface area contributed by atoms with Crippen molar-refractivity contribution in [2.45, 2.75) is 144 Å². The Morgan fingerprint density at radius 3 is 2.10 bits per heavy atom. The number of aromatic hydroxyl groups is 1. The fourth-order valence-electron chi connectivity index (χ4n) is 7.21. The largest absolute Gasteiger partial charge is 0.492 e. The van der Waals surface area contributed by atoms with Crippen molar-refractivity contribution < 1.29 is 9.90 Å². The van der Waals surface area contributed by atoms with E-state index in [0.29, 0.717) is 11.8 Å². The van der Waals surface area contributed by atoms with E-state index in [1.807, 2.05) is 12.1 Å². The minimum absolute atomic E-state index is 0.125. The van der Waals surface area contributed by atoms with E-state index in [1.54, 1.807) is 32.1 Å². The first-order chi connectivity index (χ1) is 23.2. The average Bonchev–Trinajstić information content (AvgIpc) is 3.50. The van der Waals surface area contributed by atoms with Crippen LogP contribution < -0.4 is 25.9 Å². The second kappa shape index (κ2) is 17.7. The van der Waals surface area contributed by atoms with Gasteiger partial charge in [0.05, 0.1) is 15.8 Å². The third-order valence-electron chi connectivity index (χ3n) is 10.6. The summed E-state index contributed by atoms with van der Waals surface area (Å²) >= 11 is 1.62. The highest BCUT2D eigenvalue weighted by atomic mass is 32.1. The van der Waals surface area contributed by atoms with Crippen molar-refractivity contribution in [1.29, 1.82) is 5.26 Å². The molecular formula is C40H63N5O3S. The van der Waals surface area contributed by atoms with E-state index in [4.69, 9.17) is 4.98 Å². The second-order valence-corrected chi connectivity index (χ2v) is 16.6. The van der Waals surface area contributed by atoms with Crippen molar-refractivity contribution in [3.63, 3.8) is 0 Å². The number of nitrogens with zero attached hydrogens (tertiary/aromatic N) is 5. The van der Waals surface area contributed by atoms with Crippen LogP contribution in [0.25, 0.3) is 12.7 Å². The number of pyridine rings is 1. The summed E-state index contributed by atoms with van der Waals surface area (Å²) in [5.74, 6) is 0.183. The number of rotatable bonds is 16. The highest BCUT2D eigenvalue weighted by Crippen LogP contribution is 2.43. The van der Waals surface area contributed by atoms with Gasteiger partial charge in [0.15, 0.2) is 5.13 Å². The number of carbonyl (C=O) groups is 1. The van der Waals surface area contributed by atoms with Gasteiger partial charge in [-0.05, 0) is 43.6 Å². The monoisotopic (exact) mass is 693 g/mol. The summed E-state index contributed by atoms with van der Waals surface area (Å²) in [6.07, 6.45) is 16.7. The van der Waals surface area contributed by atoms with Crippen molar-refractivity contribution in [3.05, 3.63) is 36.9 Å². The highest BCUT2D eigenvalue weighted by molar-refractivity contribution is 7.16. The summed E-state index contributed by atoms with van der Waals surface area (Å²) in [7, 11) is 1.45. The fraction of sp³-hybridized carbons (Fsp3) is 0.700. The summed E-state index contributed by atoms with van der Waals surface area (Å²) in [5, 5.41) is 23.7. The Labute approximate surface area is 299 Å². The lowest BCUT2D eigenvalue weighted by Crippen LogP contribution is -2.55. The lowest BCUT2D eigenvalue weighted by atomic mass is 9.73. The molecule has 49 heavy (non-hydrogen) atoms. The minimum Gasteiger partial charge on any atom is -0.492 e. The van der Waals surface area contributed by atoms with Crippen LogP contribution in [0.4, 0.5) is 5.13 Å². The first-order valence-electron chi connectivity index (χ1n) is 18.8. The van der Waals surface area contributed by atoms with Crippen molar-refractivity contribution in [2.24, 2.45) is 17.3 Å². The van der Waals surface area contributed by atoms with Crippen LogP contribution in [0.2, 0.25) is 0 Å². The normalized spacial score (nSPS) is 16.3. The quantitative estimate of drug-likeness (QED) is 0.193. The Bertz CT molecular complexity index is 1600. The average molecular weight is 694 g/mol. The molecule has 2 aromatic heterocycles. The molecule has 9 heteroatoms. The topological polar surface area (TPSA) is 102 Å². The molecule has 2 heterocycles. The maximum atomic E-state index is 14.2. The number of hydrogen-bond acceptors (Lipinski definition) is 7. The van der Waals surface area contributed by atoms with Crippen LogP contribution in [0.1, 0.15) is 155 Å². The second-order valence-electron chi connectivity index (χ2n) is 15.6. The summed E-state index contributed by atoms with van der Waals surface area (Å²) in [6, 6.07) is 2.04. The van der Waals surface area contributed by atoms with Crippen LogP contribution in [-0.4, -0.2) is 40.8 Å². The van der Waals surface area contributed by atoms with Crippen LogP contribution in [0, 0.1) is 28.6 Å². The van der Waals surface area contributed by atoms with Gasteiger partial charge in [0.1, 0.15) is 11.6 Å². The first-order valence-corrected chi connectivity index (χ1v) is 19.6. The molecule has 2 aromatic rings. The van der Waals surface area contributed by atoms with Gasteiger partial charge >= 0.3 is 0 Å². The molecule has 8 nitrogen and oxygen atoms in total. The number of hydrogen-bond donors (Lipinski definition) is 1. The van der Waals surface area contributed by atoms with Gasteiger partial charge in [-0.2, -0.15) is 9.94 Å². The Morgan fingerprint density at radius 1 is 1.08 bits per heavy atom. The lowest BCUT2D eigenvalue weighted by molar-refractivity contribution is -0.127. The predicted molar refractivity (Wildman–Crippen MR) is 205 cm³/mol. The van der Waals surface area contributed by atoms with Crippen LogP contribution in [0.5, 0.6) is 5.88 Å². The number of nitriles is 1. The number of unbranched alkanes of at least 4 members (excludes halogenated alkanes) is 2. The molecule has 1 aliphatic carbocycles. The maximum Gasteiger partial charge on any atom is 0.280 e. The molecule has 0 aromatic carbocycles. The van der Waals surface area contributed by atoms with Gasteiger partial charge in [-0.15, -0.1) is 0 Å². The summed E-state index contributed by atoms with van der Waals surface area (Å²) < 4.78 is 0.919. The van der Waals surface area contributed by atoms with Crippen LogP contribution in [0.3, 0.4) is 0 Å². The number of anilines is 1. The van der Waals surface area contributed by atoms with Gasteiger partial charge in [0.2, 0.25) is 11.8 Å². The summed E-state index contributed by atoms with van der Waals surface area (Å²) in [5.41, 5.74) is -0.696. The van der Waals surface area contributed by atoms with E-state index in [9.17, 15) is 20.0 Å². The molecule has 3 rings (SSSR count). The standard InChI is InChI=1S/C40H63N5O3S/c1-11-15-20-29(13-3)26-44(27-30(14-4)21-16-12-2)38-42-34(40(9)22-18-17-19-23-40)33(49-38)24-31-28(5)32(25-41)36(47)45(35(31)46)43(10)37(48)39(6,7)8/h24,29-30,47H,5,11-23,26-27H2,1-4,6-10H3/b31-24+. The molecule has 1 saturated carbocycles. The third-order valence-corrected chi connectivity index (χ3v) is 11.6. The molecule has 1 fully saturated rings. The minimum atomic E-state index is -0.819.